The first-order valence-electron chi connectivity index (χ1n) is 13.3. The van der Waals surface area contributed by atoms with Gasteiger partial charge in [0, 0.05) is 31.3 Å². The number of fused-ring (bicyclic) bond motifs is 2. The molecule has 0 saturated carbocycles. The van der Waals surface area contributed by atoms with Crippen molar-refractivity contribution in [2.45, 2.75) is 26.0 Å². The largest absolute Gasteiger partial charge is 0.472 e. The molecule has 0 aliphatic carbocycles. The lowest BCUT2D eigenvalue weighted by atomic mass is 9.99. The SMILES string of the molecule is C[C@@H]1CN([C@@H](C)CO)C(=O)c2cc(C=Cc3ccccc3)cnc2O[C@@H]1CN(C)C(=O)c1ccc2c(c1)OCO2. The van der Waals surface area contributed by atoms with Crippen LogP contribution >= 0.6 is 0 Å². The van der Waals surface area contributed by atoms with Gasteiger partial charge in [-0.25, -0.2) is 4.98 Å². The molecule has 0 fully saturated rings. The van der Waals surface area contributed by atoms with Gasteiger partial charge in [-0.15, -0.1) is 0 Å². The molecule has 0 bridgehead atoms. The van der Waals surface area contributed by atoms with Gasteiger partial charge in [0.1, 0.15) is 11.7 Å². The van der Waals surface area contributed by atoms with Gasteiger partial charge in [-0.1, -0.05) is 49.4 Å². The molecule has 1 aromatic heterocycles. The van der Waals surface area contributed by atoms with Crippen LogP contribution in [0.5, 0.6) is 17.4 Å². The third-order valence-corrected chi connectivity index (χ3v) is 7.23. The Labute approximate surface area is 233 Å². The second kappa shape index (κ2) is 11.8. The summed E-state index contributed by atoms with van der Waals surface area (Å²) in [5.74, 6) is 0.753. The van der Waals surface area contributed by atoms with Gasteiger partial charge in [-0.05, 0) is 42.3 Å². The molecule has 40 heavy (non-hydrogen) atoms. The zero-order valence-corrected chi connectivity index (χ0v) is 22.8. The lowest BCUT2D eigenvalue weighted by Crippen LogP contribution is -2.50. The number of likely N-dealkylation sites (N-methyl/N-ethyl adjacent to an activating group) is 1. The van der Waals surface area contributed by atoms with E-state index in [1.165, 1.54) is 0 Å². The molecule has 3 atom stereocenters. The molecule has 2 amide bonds. The topological polar surface area (TPSA) is 101 Å². The summed E-state index contributed by atoms with van der Waals surface area (Å²) in [6, 6.07) is 16.3. The summed E-state index contributed by atoms with van der Waals surface area (Å²) < 4.78 is 17.1. The molecule has 3 aromatic rings. The fourth-order valence-corrected chi connectivity index (χ4v) is 4.79. The highest BCUT2D eigenvalue weighted by Crippen LogP contribution is 2.33. The van der Waals surface area contributed by atoms with Crippen LogP contribution in [0.1, 0.15) is 45.7 Å². The minimum Gasteiger partial charge on any atom is -0.472 e. The third-order valence-electron chi connectivity index (χ3n) is 7.23. The number of aliphatic hydroxyl groups excluding tert-OH is 1. The number of hydrogen-bond acceptors (Lipinski definition) is 7. The van der Waals surface area contributed by atoms with Gasteiger partial charge in [0.2, 0.25) is 12.7 Å². The van der Waals surface area contributed by atoms with Crippen LogP contribution in [0.25, 0.3) is 12.2 Å². The first-order chi connectivity index (χ1) is 19.3. The van der Waals surface area contributed by atoms with E-state index in [4.69, 9.17) is 14.2 Å². The van der Waals surface area contributed by atoms with Crippen LogP contribution in [0.15, 0.2) is 60.8 Å². The van der Waals surface area contributed by atoms with E-state index in [1.54, 1.807) is 47.3 Å². The maximum Gasteiger partial charge on any atom is 0.259 e. The molecular weight excluding hydrogens is 510 g/mol. The average molecular weight is 544 g/mol. The van der Waals surface area contributed by atoms with E-state index in [9.17, 15) is 14.7 Å². The first-order valence-corrected chi connectivity index (χ1v) is 13.3. The number of benzene rings is 2. The highest BCUT2D eigenvalue weighted by molar-refractivity contribution is 5.97. The summed E-state index contributed by atoms with van der Waals surface area (Å²) in [4.78, 5) is 34.7. The first kappa shape index (κ1) is 27.2. The predicted octanol–water partition coefficient (Wildman–Crippen LogP) is 3.97. The highest BCUT2D eigenvalue weighted by Gasteiger charge is 2.35. The molecule has 2 aliphatic rings. The van der Waals surface area contributed by atoms with E-state index in [2.05, 4.69) is 4.98 Å². The molecule has 0 spiro atoms. The van der Waals surface area contributed by atoms with Crippen molar-refractivity contribution in [2.75, 3.05) is 33.5 Å². The zero-order chi connectivity index (χ0) is 28.2. The van der Waals surface area contributed by atoms with E-state index in [-0.39, 0.29) is 43.6 Å². The Balaban J connectivity index is 1.41. The molecule has 5 rings (SSSR count). The molecule has 0 unspecified atom stereocenters. The molecular formula is C31H33N3O6. The number of amides is 2. The zero-order valence-electron chi connectivity index (χ0n) is 22.8. The fourth-order valence-electron chi connectivity index (χ4n) is 4.79. The second-order valence-electron chi connectivity index (χ2n) is 10.2. The number of aromatic nitrogens is 1. The molecule has 9 heteroatoms. The van der Waals surface area contributed by atoms with Crippen LogP contribution in [0, 0.1) is 5.92 Å². The third kappa shape index (κ3) is 5.79. The van der Waals surface area contributed by atoms with Gasteiger partial charge in [-0.2, -0.15) is 0 Å². The summed E-state index contributed by atoms with van der Waals surface area (Å²) >= 11 is 0. The lowest BCUT2D eigenvalue weighted by molar-refractivity contribution is 0.0313. The molecule has 0 radical (unpaired) electrons. The quantitative estimate of drug-likeness (QED) is 0.481. The number of rotatable bonds is 7. The maximum atomic E-state index is 13.7. The smallest absolute Gasteiger partial charge is 0.259 e. The van der Waals surface area contributed by atoms with Gasteiger partial charge >= 0.3 is 0 Å². The average Bonchev–Trinajstić information content (AvgIpc) is 3.45. The molecule has 2 aliphatic heterocycles. The van der Waals surface area contributed by atoms with E-state index < -0.39 is 12.1 Å². The molecule has 208 valence electrons. The fraction of sp³-hybridized carbons (Fsp3) is 0.323. The number of carbonyl (C=O) groups is 2. The minimum atomic E-state index is -0.457. The van der Waals surface area contributed by atoms with Crippen molar-refractivity contribution in [1.82, 2.24) is 14.8 Å². The maximum absolute atomic E-state index is 13.7. The minimum absolute atomic E-state index is 0.133. The van der Waals surface area contributed by atoms with Crippen molar-refractivity contribution in [2.24, 2.45) is 5.92 Å². The van der Waals surface area contributed by atoms with E-state index in [0.717, 1.165) is 11.1 Å². The molecule has 3 heterocycles. The Bertz CT molecular complexity index is 1410. The van der Waals surface area contributed by atoms with Crippen molar-refractivity contribution in [1.29, 1.82) is 0 Å². The Hall–Kier alpha value is -4.37. The predicted molar refractivity (Wildman–Crippen MR) is 150 cm³/mol. The number of aliphatic hydroxyl groups is 1. The van der Waals surface area contributed by atoms with Crippen molar-refractivity contribution < 1.29 is 28.9 Å². The van der Waals surface area contributed by atoms with Crippen molar-refractivity contribution in [3.63, 3.8) is 0 Å². The molecule has 1 N–H and O–H groups in total. The Kier molecular flexibility index (Phi) is 8.02. The van der Waals surface area contributed by atoms with Crippen molar-refractivity contribution >= 4 is 24.0 Å². The Morgan fingerprint density at radius 1 is 1.12 bits per heavy atom. The second-order valence-corrected chi connectivity index (χ2v) is 10.2. The summed E-state index contributed by atoms with van der Waals surface area (Å²) in [6.45, 7) is 4.35. The van der Waals surface area contributed by atoms with Crippen LogP contribution in [-0.4, -0.2) is 77.4 Å². The highest BCUT2D eigenvalue weighted by atomic mass is 16.7. The van der Waals surface area contributed by atoms with E-state index in [1.807, 2.05) is 56.3 Å². The number of ether oxygens (including phenoxy) is 3. The van der Waals surface area contributed by atoms with Gasteiger partial charge in [0.05, 0.1) is 19.2 Å². The van der Waals surface area contributed by atoms with Crippen LogP contribution in [0.3, 0.4) is 0 Å². The molecule has 2 aromatic carbocycles. The lowest BCUT2D eigenvalue weighted by Gasteiger charge is -2.37. The summed E-state index contributed by atoms with van der Waals surface area (Å²) in [5, 5.41) is 9.92. The summed E-state index contributed by atoms with van der Waals surface area (Å²) in [7, 11) is 1.72. The Morgan fingerprint density at radius 3 is 2.65 bits per heavy atom. The van der Waals surface area contributed by atoms with Crippen LogP contribution in [0.4, 0.5) is 0 Å². The monoisotopic (exact) mass is 543 g/mol. The van der Waals surface area contributed by atoms with Crippen molar-refractivity contribution in [3.8, 4) is 17.4 Å². The summed E-state index contributed by atoms with van der Waals surface area (Å²) in [6.07, 6.45) is 5.05. The van der Waals surface area contributed by atoms with Gasteiger partial charge in [-0.3, -0.25) is 9.59 Å². The van der Waals surface area contributed by atoms with Gasteiger partial charge in [0.25, 0.3) is 11.8 Å². The van der Waals surface area contributed by atoms with Crippen LogP contribution in [0.2, 0.25) is 0 Å². The van der Waals surface area contributed by atoms with Gasteiger partial charge < -0.3 is 29.1 Å². The standard InChI is InChI=1S/C31H33N3O6/c1-20-16-34(21(2)18-35)31(37)25-13-23(10-9-22-7-5-4-6-8-22)15-32-29(25)40-28(20)17-33(3)30(36)24-11-12-26-27(14-24)39-19-38-26/h4-15,20-21,28,35H,16-19H2,1-3H3/t20-,21+,28-/m1/s1. The van der Waals surface area contributed by atoms with Gasteiger partial charge in [0.15, 0.2) is 11.5 Å². The molecule has 9 nitrogen and oxygen atoms in total. The number of hydrogen-bond donors (Lipinski definition) is 1. The van der Waals surface area contributed by atoms with E-state index >= 15 is 0 Å². The number of nitrogens with zero attached hydrogens (tertiary/aromatic N) is 3. The van der Waals surface area contributed by atoms with E-state index in [0.29, 0.717) is 29.2 Å². The number of pyridine rings is 1. The normalized spacial score (nSPS) is 19.0. The van der Waals surface area contributed by atoms with Crippen molar-refractivity contribution in [3.05, 3.63) is 83.0 Å². The van der Waals surface area contributed by atoms with Crippen LogP contribution < -0.4 is 14.2 Å². The van der Waals surface area contributed by atoms with Crippen LogP contribution in [-0.2, 0) is 0 Å². The molecule has 0 saturated heterocycles. The Morgan fingerprint density at radius 2 is 1.88 bits per heavy atom. The summed E-state index contributed by atoms with van der Waals surface area (Å²) in [5.41, 5.74) is 2.56. The number of carbonyl (C=O) groups excluding carboxylic acids is 2.